The molecule has 108 valence electrons. The number of halogens is 3. The zero-order valence-electron chi connectivity index (χ0n) is 10.4. The average molecular weight is 373 g/mol. The van der Waals surface area contributed by atoms with Crippen molar-refractivity contribution in [3.8, 4) is 0 Å². The fraction of sp³-hybridized carbons (Fsp3) is 0. The highest BCUT2D eigenvalue weighted by Crippen LogP contribution is 2.27. The van der Waals surface area contributed by atoms with Crippen LogP contribution in [-0.4, -0.2) is 17.0 Å². The van der Waals surface area contributed by atoms with Gasteiger partial charge < -0.3 is 10.4 Å². The minimum Gasteiger partial charge on any atom is -0.478 e. The number of carboxylic acids is 1. The summed E-state index contributed by atoms with van der Waals surface area (Å²) in [6.07, 6.45) is 0. The van der Waals surface area contributed by atoms with Gasteiger partial charge in [-0.3, -0.25) is 4.79 Å². The molecule has 0 saturated carbocycles. The predicted octanol–water partition coefficient (Wildman–Crippen LogP) is 4.19. The van der Waals surface area contributed by atoms with E-state index in [1.54, 1.807) is 12.1 Å². The van der Waals surface area contributed by atoms with Gasteiger partial charge in [-0.05, 0) is 46.3 Å². The van der Waals surface area contributed by atoms with E-state index in [2.05, 4.69) is 21.2 Å². The quantitative estimate of drug-likeness (QED) is 0.849. The number of hydrogen-bond acceptors (Lipinski definition) is 2. The normalized spacial score (nSPS) is 10.2. The molecule has 2 aromatic carbocycles. The summed E-state index contributed by atoms with van der Waals surface area (Å²) in [4.78, 5) is 23.2. The summed E-state index contributed by atoms with van der Waals surface area (Å²) in [5.74, 6) is -2.63. The first-order valence-electron chi connectivity index (χ1n) is 5.68. The molecule has 7 heteroatoms. The van der Waals surface area contributed by atoms with Crippen LogP contribution in [-0.2, 0) is 0 Å². The minimum absolute atomic E-state index is 0.00931. The van der Waals surface area contributed by atoms with Crippen LogP contribution in [0.15, 0.2) is 40.9 Å². The number of anilines is 1. The smallest absolute Gasteiger partial charge is 0.337 e. The molecule has 2 rings (SSSR count). The van der Waals surface area contributed by atoms with Crippen molar-refractivity contribution in [2.45, 2.75) is 0 Å². The SMILES string of the molecule is O=C(O)c1cc(F)ccc1NC(=O)c1cccc(Br)c1Cl. The van der Waals surface area contributed by atoms with Gasteiger partial charge in [0.2, 0.25) is 0 Å². The van der Waals surface area contributed by atoms with Gasteiger partial charge in [-0.1, -0.05) is 17.7 Å². The van der Waals surface area contributed by atoms with E-state index in [9.17, 15) is 14.0 Å². The third kappa shape index (κ3) is 3.40. The minimum atomic E-state index is -1.34. The fourth-order valence-corrected chi connectivity index (χ4v) is 2.25. The molecule has 1 amide bonds. The zero-order valence-corrected chi connectivity index (χ0v) is 12.7. The molecule has 4 nitrogen and oxygen atoms in total. The van der Waals surface area contributed by atoms with Crippen LogP contribution in [0.3, 0.4) is 0 Å². The lowest BCUT2D eigenvalue weighted by atomic mass is 10.1. The number of nitrogens with one attached hydrogen (secondary N) is 1. The molecule has 0 aliphatic heterocycles. The van der Waals surface area contributed by atoms with E-state index in [1.165, 1.54) is 12.1 Å². The summed E-state index contributed by atoms with van der Waals surface area (Å²) in [5.41, 5.74) is -0.175. The van der Waals surface area contributed by atoms with Crippen LogP contribution >= 0.6 is 27.5 Å². The second-order valence-corrected chi connectivity index (χ2v) is 5.28. The molecule has 0 aliphatic rings. The van der Waals surface area contributed by atoms with Crippen molar-refractivity contribution in [1.29, 1.82) is 0 Å². The first-order valence-corrected chi connectivity index (χ1v) is 6.85. The summed E-state index contributed by atoms with van der Waals surface area (Å²) >= 11 is 9.19. The molecule has 2 aromatic rings. The van der Waals surface area contributed by atoms with Crippen molar-refractivity contribution in [3.05, 3.63) is 62.8 Å². The molecule has 0 saturated heterocycles. The van der Waals surface area contributed by atoms with Crippen molar-refractivity contribution < 1.29 is 19.1 Å². The molecule has 0 spiro atoms. The second-order valence-electron chi connectivity index (χ2n) is 4.05. The van der Waals surface area contributed by atoms with Crippen LogP contribution < -0.4 is 5.32 Å². The molecule has 0 atom stereocenters. The molecule has 0 heterocycles. The molecule has 0 aliphatic carbocycles. The number of benzene rings is 2. The van der Waals surface area contributed by atoms with Crippen molar-refractivity contribution >= 4 is 45.1 Å². The molecule has 0 fully saturated rings. The zero-order chi connectivity index (χ0) is 15.6. The van der Waals surface area contributed by atoms with E-state index in [4.69, 9.17) is 16.7 Å². The van der Waals surface area contributed by atoms with E-state index in [-0.39, 0.29) is 21.8 Å². The van der Waals surface area contributed by atoms with Gasteiger partial charge in [0.25, 0.3) is 5.91 Å². The predicted molar refractivity (Wildman–Crippen MR) is 80.5 cm³/mol. The highest BCUT2D eigenvalue weighted by atomic mass is 79.9. The number of aromatic carboxylic acids is 1. The third-order valence-electron chi connectivity index (χ3n) is 2.66. The highest BCUT2D eigenvalue weighted by molar-refractivity contribution is 9.10. The second kappa shape index (κ2) is 6.24. The lowest BCUT2D eigenvalue weighted by Crippen LogP contribution is -2.15. The highest BCUT2D eigenvalue weighted by Gasteiger charge is 2.17. The van der Waals surface area contributed by atoms with Gasteiger partial charge in [0.05, 0.1) is 21.8 Å². The first kappa shape index (κ1) is 15.5. The van der Waals surface area contributed by atoms with Gasteiger partial charge in [0.15, 0.2) is 0 Å². The maximum Gasteiger partial charge on any atom is 0.337 e. The van der Waals surface area contributed by atoms with Crippen LogP contribution in [0.25, 0.3) is 0 Å². The molecular weight excluding hydrogens is 365 g/mol. The van der Waals surface area contributed by atoms with E-state index >= 15 is 0 Å². The van der Waals surface area contributed by atoms with Crippen molar-refractivity contribution in [2.75, 3.05) is 5.32 Å². The Kier molecular flexibility index (Phi) is 4.59. The monoisotopic (exact) mass is 371 g/mol. The maximum atomic E-state index is 13.1. The fourth-order valence-electron chi connectivity index (χ4n) is 1.67. The van der Waals surface area contributed by atoms with E-state index in [0.29, 0.717) is 4.47 Å². The Morgan fingerprint density at radius 3 is 2.57 bits per heavy atom. The largest absolute Gasteiger partial charge is 0.478 e. The van der Waals surface area contributed by atoms with Crippen LogP contribution in [0, 0.1) is 5.82 Å². The average Bonchev–Trinajstić information content (AvgIpc) is 2.43. The summed E-state index contributed by atoms with van der Waals surface area (Å²) in [6.45, 7) is 0. The van der Waals surface area contributed by atoms with Crippen LogP contribution in [0.5, 0.6) is 0 Å². The molecule has 0 unspecified atom stereocenters. The number of carboxylic acid groups (broad SMARTS) is 1. The summed E-state index contributed by atoms with van der Waals surface area (Å²) in [6, 6.07) is 7.85. The van der Waals surface area contributed by atoms with Gasteiger partial charge in [-0.2, -0.15) is 0 Å². The van der Waals surface area contributed by atoms with Crippen LogP contribution in [0.4, 0.5) is 10.1 Å². The van der Waals surface area contributed by atoms with E-state index in [1.807, 2.05) is 0 Å². The van der Waals surface area contributed by atoms with Gasteiger partial charge in [0, 0.05) is 4.47 Å². The summed E-state index contributed by atoms with van der Waals surface area (Å²) in [7, 11) is 0. The summed E-state index contributed by atoms with van der Waals surface area (Å²) in [5, 5.41) is 11.6. The van der Waals surface area contributed by atoms with Gasteiger partial charge in [-0.25, -0.2) is 9.18 Å². The molecular formula is C14H8BrClFNO3. The third-order valence-corrected chi connectivity index (χ3v) is 3.95. The number of hydrogen-bond donors (Lipinski definition) is 2. The van der Waals surface area contributed by atoms with Gasteiger partial charge in [-0.15, -0.1) is 0 Å². The molecule has 0 bridgehead atoms. The number of carbonyl (C=O) groups is 2. The number of amides is 1. The molecule has 0 radical (unpaired) electrons. The Bertz CT molecular complexity index is 736. The van der Waals surface area contributed by atoms with Crippen molar-refractivity contribution in [2.24, 2.45) is 0 Å². The molecule has 2 N–H and O–H groups in total. The van der Waals surface area contributed by atoms with E-state index < -0.39 is 17.7 Å². The Morgan fingerprint density at radius 1 is 1.19 bits per heavy atom. The number of carbonyl (C=O) groups excluding carboxylic acids is 1. The molecule has 0 aromatic heterocycles. The van der Waals surface area contributed by atoms with Crippen molar-refractivity contribution in [3.63, 3.8) is 0 Å². The Balaban J connectivity index is 2.36. The first-order chi connectivity index (χ1) is 9.90. The lowest BCUT2D eigenvalue weighted by molar-refractivity contribution is 0.0697. The number of rotatable bonds is 3. The van der Waals surface area contributed by atoms with Gasteiger partial charge >= 0.3 is 5.97 Å². The summed E-state index contributed by atoms with van der Waals surface area (Å²) < 4.78 is 13.6. The Morgan fingerprint density at radius 2 is 1.90 bits per heavy atom. The topological polar surface area (TPSA) is 66.4 Å². The van der Waals surface area contributed by atoms with Crippen LogP contribution in [0.1, 0.15) is 20.7 Å². The Labute approximate surface area is 132 Å². The lowest BCUT2D eigenvalue weighted by Gasteiger charge is -2.10. The standard InChI is InChI=1S/C14H8BrClFNO3/c15-10-3-1-2-8(12(10)16)13(19)18-11-5-4-7(17)6-9(11)14(20)21/h1-6H,(H,18,19)(H,20,21). The Hall–Kier alpha value is -1.92. The van der Waals surface area contributed by atoms with E-state index in [0.717, 1.165) is 12.1 Å². The van der Waals surface area contributed by atoms with Crippen molar-refractivity contribution in [1.82, 2.24) is 0 Å². The van der Waals surface area contributed by atoms with Gasteiger partial charge in [0.1, 0.15) is 5.82 Å². The van der Waals surface area contributed by atoms with Crippen LogP contribution in [0.2, 0.25) is 5.02 Å². The maximum absolute atomic E-state index is 13.1. The molecule has 21 heavy (non-hydrogen) atoms.